The molecule has 1 fully saturated rings. The van der Waals surface area contributed by atoms with Gasteiger partial charge in [-0.25, -0.2) is 4.79 Å². The topological polar surface area (TPSA) is 44.8 Å². The van der Waals surface area contributed by atoms with Gasteiger partial charge in [0.2, 0.25) is 0 Å². The van der Waals surface area contributed by atoms with Gasteiger partial charge in [0, 0.05) is 13.0 Å². The molecule has 0 heterocycles. The van der Waals surface area contributed by atoms with E-state index in [4.69, 9.17) is 14.2 Å². The zero-order valence-corrected chi connectivity index (χ0v) is 11.4. The average Bonchev–Trinajstić information content (AvgIpc) is 3.27. The molecule has 0 saturated heterocycles. The molecule has 1 unspecified atom stereocenters. The number of benzene rings is 1. The molecule has 0 aromatic heterocycles. The monoisotopic (exact) mass is 264 g/mol. The molecule has 1 aliphatic rings. The first kappa shape index (κ1) is 13.9. The largest absolute Gasteiger partial charge is 0.478 e. The molecule has 4 nitrogen and oxygen atoms in total. The highest BCUT2D eigenvalue weighted by Crippen LogP contribution is 2.35. The summed E-state index contributed by atoms with van der Waals surface area (Å²) in [6.45, 7) is 0.701. The Morgan fingerprint density at radius 1 is 1.26 bits per heavy atom. The fourth-order valence-electron chi connectivity index (χ4n) is 1.95. The molecule has 0 bridgehead atoms. The Bertz CT molecular complexity index is 409. The lowest BCUT2D eigenvalue weighted by Crippen LogP contribution is -2.30. The Kier molecular flexibility index (Phi) is 4.80. The van der Waals surface area contributed by atoms with Crippen molar-refractivity contribution in [1.82, 2.24) is 0 Å². The van der Waals surface area contributed by atoms with E-state index in [9.17, 15) is 4.79 Å². The van der Waals surface area contributed by atoms with Gasteiger partial charge in [-0.3, -0.25) is 0 Å². The molecular formula is C15H20O4. The molecule has 104 valence electrons. The van der Waals surface area contributed by atoms with E-state index in [1.807, 2.05) is 24.3 Å². The maximum absolute atomic E-state index is 11.6. The van der Waals surface area contributed by atoms with Gasteiger partial charge in [0.25, 0.3) is 0 Å². The first-order valence-corrected chi connectivity index (χ1v) is 6.57. The van der Waals surface area contributed by atoms with Crippen LogP contribution in [0.4, 0.5) is 0 Å². The van der Waals surface area contributed by atoms with Gasteiger partial charge in [-0.15, -0.1) is 0 Å². The summed E-state index contributed by atoms with van der Waals surface area (Å²) in [5, 5.41) is 0. The predicted octanol–water partition coefficient (Wildman–Crippen LogP) is 2.21. The van der Waals surface area contributed by atoms with E-state index >= 15 is 0 Å². The van der Waals surface area contributed by atoms with Gasteiger partial charge >= 0.3 is 5.97 Å². The molecule has 0 amide bonds. The lowest BCUT2D eigenvalue weighted by atomic mass is 10.1. The minimum absolute atomic E-state index is 0.286. The molecule has 0 spiro atoms. The number of esters is 1. The second kappa shape index (κ2) is 6.57. The number of carbonyl (C=O) groups excluding carboxylic acids is 1. The molecular weight excluding hydrogens is 244 g/mol. The number of ether oxygens (including phenoxy) is 3. The Morgan fingerprint density at radius 3 is 2.47 bits per heavy atom. The first-order chi connectivity index (χ1) is 9.24. The van der Waals surface area contributed by atoms with Gasteiger partial charge in [-0.1, -0.05) is 12.1 Å². The van der Waals surface area contributed by atoms with Crippen LogP contribution in [-0.4, -0.2) is 32.9 Å². The number of carbonyl (C=O) groups is 1. The fourth-order valence-corrected chi connectivity index (χ4v) is 1.95. The van der Waals surface area contributed by atoms with Crippen molar-refractivity contribution in [3.05, 3.63) is 29.8 Å². The molecule has 1 aromatic rings. The molecule has 4 heteroatoms. The average molecular weight is 264 g/mol. The molecule has 1 saturated carbocycles. The molecule has 1 aromatic carbocycles. The van der Waals surface area contributed by atoms with Crippen LogP contribution in [0.1, 0.15) is 18.4 Å². The summed E-state index contributed by atoms with van der Waals surface area (Å²) in [7, 11) is 3.09. The van der Waals surface area contributed by atoms with Crippen molar-refractivity contribution in [2.75, 3.05) is 20.8 Å². The zero-order chi connectivity index (χ0) is 13.7. The van der Waals surface area contributed by atoms with Crippen molar-refractivity contribution in [2.45, 2.75) is 25.4 Å². The highest BCUT2D eigenvalue weighted by atomic mass is 16.6. The van der Waals surface area contributed by atoms with Gasteiger partial charge in [0.05, 0.1) is 13.7 Å². The number of hydrogen-bond donors (Lipinski definition) is 0. The van der Waals surface area contributed by atoms with Crippen LogP contribution in [0.25, 0.3) is 0 Å². The molecule has 0 N–H and O–H groups in total. The van der Waals surface area contributed by atoms with E-state index in [-0.39, 0.29) is 5.97 Å². The number of rotatable bonds is 7. The van der Waals surface area contributed by atoms with Gasteiger partial charge in [-0.2, -0.15) is 0 Å². The number of hydrogen-bond acceptors (Lipinski definition) is 4. The Labute approximate surface area is 113 Å². The van der Waals surface area contributed by atoms with Gasteiger partial charge in [0.15, 0.2) is 6.10 Å². The summed E-state index contributed by atoms with van der Waals surface area (Å²) in [5.74, 6) is 0.732. The summed E-state index contributed by atoms with van der Waals surface area (Å²) < 4.78 is 15.6. The van der Waals surface area contributed by atoms with E-state index in [1.54, 1.807) is 7.11 Å². The minimum atomic E-state index is -0.463. The summed E-state index contributed by atoms with van der Waals surface area (Å²) in [6.07, 6.45) is 2.48. The van der Waals surface area contributed by atoms with E-state index in [1.165, 1.54) is 12.7 Å². The van der Waals surface area contributed by atoms with Crippen molar-refractivity contribution >= 4 is 5.97 Å². The molecule has 19 heavy (non-hydrogen) atoms. The van der Waals surface area contributed by atoms with Crippen LogP contribution in [0, 0.1) is 5.92 Å². The van der Waals surface area contributed by atoms with Crippen LogP contribution in [0.5, 0.6) is 5.75 Å². The quantitative estimate of drug-likeness (QED) is 0.708. The van der Waals surface area contributed by atoms with Crippen molar-refractivity contribution < 1.29 is 19.0 Å². The van der Waals surface area contributed by atoms with E-state index in [0.717, 1.165) is 19.3 Å². The Hall–Kier alpha value is -1.55. The molecule has 2 rings (SSSR count). The smallest absolute Gasteiger partial charge is 0.347 e. The van der Waals surface area contributed by atoms with Gasteiger partial charge < -0.3 is 14.2 Å². The second-order valence-corrected chi connectivity index (χ2v) is 4.79. The molecule has 1 atom stereocenters. The van der Waals surface area contributed by atoms with Crippen LogP contribution < -0.4 is 4.74 Å². The summed E-state index contributed by atoms with van der Waals surface area (Å²) in [6, 6.07) is 7.78. The third-order valence-electron chi connectivity index (χ3n) is 3.26. The summed E-state index contributed by atoms with van der Waals surface area (Å²) >= 11 is 0. The normalized spacial score (nSPS) is 15.9. The van der Waals surface area contributed by atoms with Gasteiger partial charge in [-0.05, 0) is 37.0 Å². The standard InChI is InChI=1S/C15H20O4/c1-17-10-9-11-3-7-13(8-4-11)19-14(12-5-6-12)15(16)18-2/h3-4,7-8,12,14H,5-6,9-10H2,1-2H3. The summed E-state index contributed by atoms with van der Waals surface area (Å²) in [5.41, 5.74) is 1.19. The van der Waals surface area contributed by atoms with Crippen molar-refractivity contribution in [3.8, 4) is 5.75 Å². The van der Waals surface area contributed by atoms with Crippen LogP contribution >= 0.6 is 0 Å². The van der Waals surface area contributed by atoms with Crippen molar-refractivity contribution in [1.29, 1.82) is 0 Å². The predicted molar refractivity (Wildman–Crippen MR) is 71.2 cm³/mol. The maximum atomic E-state index is 11.6. The van der Waals surface area contributed by atoms with Gasteiger partial charge in [0.1, 0.15) is 5.75 Å². The fraction of sp³-hybridized carbons (Fsp3) is 0.533. The highest BCUT2D eigenvalue weighted by Gasteiger charge is 2.38. The zero-order valence-electron chi connectivity index (χ0n) is 11.4. The van der Waals surface area contributed by atoms with Crippen LogP contribution in [0.2, 0.25) is 0 Å². The Balaban J connectivity index is 1.95. The lowest BCUT2D eigenvalue weighted by Gasteiger charge is -2.16. The minimum Gasteiger partial charge on any atom is -0.478 e. The highest BCUT2D eigenvalue weighted by molar-refractivity contribution is 5.75. The van der Waals surface area contributed by atoms with Crippen LogP contribution in [-0.2, 0) is 20.7 Å². The SMILES string of the molecule is COCCc1ccc(OC(C(=O)OC)C2CC2)cc1. The van der Waals surface area contributed by atoms with E-state index in [0.29, 0.717) is 18.3 Å². The van der Waals surface area contributed by atoms with Crippen molar-refractivity contribution in [2.24, 2.45) is 5.92 Å². The van der Waals surface area contributed by atoms with Crippen molar-refractivity contribution in [3.63, 3.8) is 0 Å². The molecule has 1 aliphatic carbocycles. The van der Waals surface area contributed by atoms with Crippen LogP contribution in [0.3, 0.4) is 0 Å². The molecule has 0 radical (unpaired) electrons. The number of methoxy groups -OCH3 is 2. The summed E-state index contributed by atoms with van der Waals surface area (Å²) in [4.78, 5) is 11.6. The van der Waals surface area contributed by atoms with Crippen LogP contribution in [0.15, 0.2) is 24.3 Å². The maximum Gasteiger partial charge on any atom is 0.347 e. The first-order valence-electron chi connectivity index (χ1n) is 6.57. The lowest BCUT2D eigenvalue weighted by molar-refractivity contribution is -0.149. The molecule has 0 aliphatic heterocycles. The third-order valence-corrected chi connectivity index (χ3v) is 3.26. The van der Waals surface area contributed by atoms with E-state index < -0.39 is 6.10 Å². The Morgan fingerprint density at radius 2 is 1.95 bits per heavy atom. The second-order valence-electron chi connectivity index (χ2n) is 4.79. The third kappa shape index (κ3) is 3.96. The van der Waals surface area contributed by atoms with E-state index in [2.05, 4.69) is 0 Å².